The van der Waals surface area contributed by atoms with Gasteiger partial charge in [0.25, 0.3) is 0 Å². The van der Waals surface area contributed by atoms with Crippen LogP contribution >= 0.6 is 0 Å². The summed E-state index contributed by atoms with van der Waals surface area (Å²) in [5.41, 5.74) is 1.32. The van der Waals surface area contributed by atoms with E-state index >= 15 is 0 Å². The van der Waals surface area contributed by atoms with Gasteiger partial charge < -0.3 is 9.64 Å². The van der Waals surface area contributed by atoms with Crippen LogP contribution in [0.2, 0.25) is 0 Å². The van der Waals surface area contributed by atoms with Crippen LogP contribution in [0.4, 0.5) is 5.69 Å². The number of benzene rings is 1. The van der Waals surface area contributed by atoms with Crippen LogP contribution in [-0.4, -0.2) is 19.7 Å². The Hall–Kier alpha value is -1.18. The maximum absolute atomic E-state index is 6.13. The van der Waals surface area contributed by atoms with Crippen LogP contribution in [0.3, 0.4) is 0 Å². The van der Waals surface area contributed by atoms with E-state index in [2.05, 4.69) is 56.9 Å². The van der Waals surface area contributed by atoms with Gasteiger partial charge in [-0.2, -0.15) is 0 Å². The molecular formula is C22H39NO. The zero-order valence-corrected chi connectivity index (χ0v) is 16.5. The minimum absolute atomic E-state index is 0.685. The van der Waals surface area contributed by atoms with Crippen molar-refractivity contribution in [1.82, 2.24) is 0 Å². The van der Waals surface area contributed by atoms with Crippen LogP contribution in [-0.2, 0) is 0 Å². The molecule has 0 aliphatic carbocycles. The molecule has 0 N–H and O–H groups in total. The number of unbranched alkanes of at least 4 members (excludes halogenated alkanes) is 3. The molecule has 0 spiro atoms. The Bertz CT molecular complexity index is 410. The summed E-state index contributed by atoms with van der Waals surface area (Å²) in [6, 6.07) is 8.71. The first kappa shape index (κ1) is 20.9. The van der Waals surface area contributed by atoms with Gasteiger partial charge in [-0.15, -0.1) is 0 Å². The minimum atomic E-state index is 0.685. The third-order valence-electron chi connectivity index (χ3n) is 4.77. The number of anilines is 1. The second-order valence-electron chi connectivity index (χ2n) is 6.92. The molecule has 0 aromatic heterocycles. The van der Waals surface area contributed by atoms with Crippen LogP contribution in [0, 0.1) is 5.92 Å². The number of hydrogen-bond donors (Lipinski definition) is 0. The fourth-order valence-corrected chi connectivity index (χ4v) is 2.95. The molecule has 1 rings (SSSR count). The summed E-state index contributed by atoms with van der Waals surface area (Å²) in [6.45, 7) is 12.2. The quantitative estimate of drug-likeness (QED) is 0.376. The van der Waals surface area contributed by atoms with Crippen molar-refractivity contribution in [1.29, 1.82) is 0 Å². The van der Waals surface area contributed by atoms with Crippen molar-refractivity contribution in [2.45, 2.75) is 79.1 Å². The highest BCUT2D eigenvalue weighted by Crippen LogP contribution is 2.23. The Kier molecular flexibility index (Phi) is 11.4. The first-order valence-corrected chi connectivity index (χ1v) is 10.2. The van der Waals surface area contributed by atoms with Gasteiger partial charge in [0, 0.05) is 24.8 Å². The predicted molar refractivity (Wildman–Crippen MR) is 107 cm³/mol. The van der Waals surface area contributed by atoms with Crippen molar-refractivity contribution in [3.8, 4) is 5.75 Å². The lowest BCUT2D eigenvalue weighted by Crippen LogP contribution is -2.25. The normalized spacial score (nSPS) is 12.2. The summed E-state index contributed by atoms with van der Waals surface area (Å²) >= 11 is 0. The van der Waals surface area contributed by atoms with Crippen molar-refractivity contribution in [2.24, 2.45) is 5.92 Å². The molecule has 2 heteroatoms. The number of hydrogen-bond acceptors (Lipinski definition) is 2. The van der Waals surface area contributed by atoms with E-state index in [-0.39, 0.29) is 0 Å². The number of ether oxygens (including phenoxy) is 1. The van der Waals surface area contributed by atoms with Crippen LogP contribution < -0.4 is 9.64 Å². The van der Waals surface area contributed by atoms with Crippen molar-refractivity contribution >= 4 is 5.69 Å². The molecule has 0 amide bonds. The molecule has 0 aliphatic rings. The molecule has 0 radical (unpaired) electrons. The van der Waals surface area contributed by atoms with Gasteiger partial charge in [0.05, 0.1) is 6.61 Å². The fourth-order valence-electron chi connectivity index (χ4n) is 2.95. The number of rotatable bonds is 14. The molecule has 1 aromatic rings. The van der Waals surface area contributed by atoms with E-state index in [0.29, 0.717) is 5.92 Å². The molecule has 1 atom stereocenters. The highest BCUT2D eigenvalue weighted by molar-refractivity contribution is 5.50. The summed E-state index contributed by atoms with van der Waals surface area (Å²) in [7, 11) is 0. The monoisotopic (exact) mass is 333 g/mol. The highest BCUT2D eigenvalue weighted by atomic mass is 16.5. The molecular weight excluding hydrogens is 294 g/mol. The van der Waals surface area contributed by atoms with Crippen molar-refractivity contribution < 1.29 is 4.74 Å². The lowest BCUT2D eigenvalue weighted by molar-refractivity contribution is 0.233. The number of nitrogens with zero attached hydrogens (tertiary/aromatic N) is 1. The van der Waals surface area contributed by atoms with E-state index in [0.717, 1.165) is 25.4 Å². The van der Waals surface area contributed by atoms with E-state index < -0.39 is 0 Å². The summed E-state index contributed by atoms with van der Waals surface area (Å²) in [5.74, 6) is 1.71. The summed E-state index contributed by atoms with van der Waals surface area (Å²) in [4.78, 5) is 2.52. The Morgan fingerprint density at radius 1 is 0.917 bits per heavy atom. The third kappa shape index (κ3) is 8.08. The van der Waals surface area contributed by atoms with E-state index in [4.69, 9.17) is 4.74 Å². The van der Waals surface area contributed by atoms with E-state index in [1.807, 2.05) is 0 Å². The predicted octanol–water partition coefficient (Wildman–Crippen LogP) is 6.69. The Morgan fingerprint density at radius 2 is 1.58 bits per heavy atom. The first-order chi connectivity index (χ1) is 11.7. The lowest BCUT2D eigenvalue weighted by atomic mass is 10.0. The van der Waals surface area contributed by atoms with Gasteiger partial charge in [-0.3, -0.25) is 0 Å². The van der Waals surface area contributed by atoms with Crippen LogP contribution in [0.25, 0.3) is 0 Å². The van der Waals surface area contributed by atoms with Gasteiger partial charge in [0.1, 0.15) is 5.75 Å². The zero-order chi connectivity index (χ0) is 17.6. The Labute approximate surface area is 150 Å². The Balaban J connectivity index is 2.64. The van der Waals surface area contributed by atoms with Gasteiger partial charge in [0.2, 0.25) is 0 Å². The molecule has 0 saturated carbocycles. The standard InChI is InChI=1S/C22H39NO/c1-5-9-13-20(8-4)19-24-22-15-12-14-21(18-22)23(16-10-6-2)17-11-7-3/h12,14-15,18,20H,5-11,13,16-17,19H2,1-4H3. The van der Waals surface area contributed by atoms with Crippen molar-refractivity contribution in [3.63, 3.8) is 0 Å². The second kappa shape index (κ2) is 13.1. The van der Waals surface area contributed by atoms with Crippen LogP contribution in [0.15, 0.2) is 24.3 Å². The smallest absolute Gasteiger partial charge is 0.121 e. The molecule has 1 aromatic carbocycles. The summed E-state index contributed by atoms with van der Waals surface area (Å²) in [5, 5.41) is 0. The maximum atomic E-state index is 6.13. The Morgan fingerprint density at radius 3 is 2.17 bits per heavy atom. The van der Waals surface area contributed by atoms with E-state index in [9.17, 15) is 0 Å². The minimum Gasteiger partial charge on any atom is -0.493 e. The van der Waals surface area contributed by atoms with Crippen molar-refractivity contribution in [3.05, 3.63) is 24.3 Å². The molecule has 0 aliphatic heterocycles. The molecule has 0 saturated heterocycles. The average molecular weight is 334 g/mol. The molecule has 138 valence electrons. The SMILES string of the molecule is CCCCC(CC)COc1cccc(N(CCCC)CCCC)c1. The molecule has 1 unspecified atom stereocenters. The van der Waals surface area contributed by atoms with Gasteiger partial charge in [-0.05, 0) is 37.3 Å². The first-order valence-electron chi connectivity index (χ1n) is 10.2. The zero-order valence-electron chi connectivity index (χ0n) is 16.5. The molecule has 2 nitrogen and oxygen atoms in total. The van der Waals surface area contributed by atoms with Gasteiger partial charge in [-0.1, -0.05) is 65.9 Å². The molecule has 24 heavy (non-hydrogen) atoms. The highest BCUT2D eigenvalue weighted by Gasteiger charge is 2.09. The fraction of sp³-hybridized carbons (Fsp3) is 0.727. The summed E-state index contributed by atoms with van der Waals surface area (Å²) in [6.07, 6.45) is 10.1. The van der Waals surface area contributed by atoms with Crippen molar-refractivity contribution in [2.75, 3.05) is 24.6 Å². The summed E-state index contributed by atoms with van der Waals surface area (Å²) < 4.78 is 6.13. The largest absolute Gasteiger partial charge is 0.493 e. The molecule has 0 fully saturated rings. The van der Waals surface area contributed by atoms with E-state index in [1.165, 1.54) is 57.1 Å². The molecule has 0 bridgehead atoms. The van der Waals surface area contributed by atoms with Gasteiger partial charge in [-0.25, -0.2) is 0 Å². The topological polar surface area (TPSA) is 12.5 Å². The van der Waals surface area contributed by atoms with Crippen LogP contribution in [0.5, 0.6) is 5.75 Å². The third-order valence-corrected chi connectivity index (χ3v) is 4.77. The van der Waals surface area contributed by atoms with Gasteiger partial charge in [0.15, 0.2) is 0 Å². The maximum Gasteiger partial charge on any atom is 0.121 e. The van der Waals surface area contributed by atoms with Gasteiger partial charge >= 0.3 is 0 Å². The van der Waals surface area contributed by atoms with E-state index in [1.54, 1.807) is 0 Å². The average Bonchev–Trinajstić information content (AvgIpc) is 2.62. The molecule has 0 heterocycles. The lowest BCUT2D eigenvalue weighted by Gasteiger charge is -2.25. The second-order valence-corrected chi connectivity index (χ2v) is 6.92. The van der Waals surface area contributed by atoms with Crippen LogP contribution in [0.1, 0.15) is 79.1 Å².